The van der Waals surface area contributed by atoms with Crippen LogP contribution in [0.3, 0.4) is 0 Å². The Hall–Kier alpha value is -2.60. The van der Waals surface area contributed by atoms with Crippen LogP contribution < -0.4 is 4.90 Å². The van der Waals surface area contributed by atoms with Crippen molar-refractivity contribution in [3.05, 3.63) is 64.3 Å². The molecule has 130 valence electrons. The molecule has 3 amide bonds. The second-order valence-electron chi connectivity index (χ2n) is 6.90. The number of para-hydroxylation sites is 1. The molecule has 0 bridgehead atoms. The normalized spacial score (nSPS) is 22.1. The van der Waals surface area contributed by atoms with Crippen LogP contribution in [0, 0.1) is 0 Å². The number of aromatic nitrogens is 1. The van der Waals surface area contributed by atoms with E-state index in [1.54, 1.807) is 17.0 Å². The van der Waals surface area contributed by atoms with Crippen LogP contribution in [-0.2, 0) is 16.8 Å². The van der Waals surface area contributed by atoms with Gasteiger partial charge < -0.3 is 9.88 Å². The standard InChI is InChI=1S/C20H16BrN3O2/c1-20-17-15(14-4-2-3-5-16(14)22-17)10-11-23(20)19(26)24(18(20)25)13-8-6-12(21)7-9-13/h2-9,22H,10-11H2,1H3. The number of rotatable bonds is 1. The first-order chi connectivity index (χ1) is 12.5. The van der Waals surface area contributed by atoms with E-state index in [-0.39, 0.29) is 11.9 Å². The Morgan fingerprint density at radius 3 is 2.58 bits per heavy atom. The molecule has 1 saturated heterocycles. The van der Waals surface area contributed by atoms with E-state index in [1.807, 2.05) is 37.3 Å². The Bertz CT molecular complexity index is 1070. The number of carbonyl (C=O) groups is 2. The van der Waals surface area contributed by atoms with Crippen LogP contribution in [0.15, 0.2) is 53.0 Å². The SMILES string of the molecule is CC12C(=O)N(c3ccc(Br)cc3)C(=O)N1CCc1c2[nH]c2ccccc12. The molecule has 0 radical (unpaired) electrons. The first-order valence-corrected chi connectivity index (χ1v) is 9.33. The van der Waals surface area contributed by atoms with Gasteiger partial charge in [-0.05, 0) is 49.2 Å². The number of nitrogens with zero attached hydrogens (tertiary/aromatic N) is 2. The van der Waals surface area contributed by atoms with E-state index >= 15 is 0 Å². The van der Waals surface area contributed by atoms with Gasteiger partial charge in [0.15, 0.2) is 5.54 Å². The average Bonchev–Trinajstić information content (AvgIpc) is 3.11. The van der Waals surface area contributed by atoms with Gasteiger partial charge in [-0.25, -0.2) is 9.69 Å². The van der Waals surface area contributed by atoms with E-state index in [2.05, 4.69) is 27.0 Å². The molecule has 0 saturated carbocycles. The summed E-state index contributed by atoms with van der Waals surface area (Å²) < 4.78 is 0.905. The fraction of sp³-hybridized carbons (Fsp3) is 0.200. The summed E-state index contributed by atoms with van der Waals surface area (Å²) in [5.74, 6) is -0.211. The number of fused-ring (bicyclic) bond motifs is 5. The highest BCUT2D eigenvalue weighted by Gasteiger charge is 2.58. The van der Waals surface area contributed by atoms with Crippen molar-refractivity contribution in [2.75, 3.05) is 11.4 Å². The van der Waals surface area contributed by atoms with Crippen LogP contribution in [0.25, 0.3) is 10.9 Å². The Morgan fingerprint density at radius 2 is 1.81 bits per heavy atom. The summed E-state index contributed by atoms with van der Waals surface area (Å²) in [6.45, 7) is 2.38. The molecule has 3 heterocycles. The molecule has 5 rings (SSSR count). The number of nitrogens with one attached hydrogen (secondary N) is 1. The van der Waals surface area contributed by atoms with Gasteiger partial charge in [-0.3, -0.25) is 4.79 Å². The smallest absolute Gasteiger partial charge is 0.332 e. The van der Waals surface area contributed by atoms with Gasteiger partial charge in [0, 0.05) is 21.9 Å². The molecule has 26 heavy (non-hydrogen) atoms. The number of urea groups is 1. The third-order valence-electron chi connectivity index (χ3n) is 5.55. The van der Waals surface area contributed by atoms with Gasteiger partial charge in [0.05, 0.1) is 11.4 Å². The molecule has 0 spiro atoms. The Kier molecular flexibility index (Phi) is 3.13. The fourth-order valence-corrected chi connectivity index (χ4v) is 4.47. The minimum absolute atomic E-state index is 0.211. The van der Waals surface area contributed by atoms with Crippen molar-refractivity contribution in [1.82, 2.24) is 9.88 Å². The maximum atomic E-state index is 13.4. The molecule has 1 aromatic heterocycles. The Balaban J connectivity index is 1.69. The molecular formula is C20H16BrN3O2. The minimum Gasteiger partial charge on any atom is -0.356 e. The molecule has 1 N–H and O–H groups in total. The maximum Gasteiger partial charge on any atom is 0.332 e. The van der Waals surface area contributed by atoms with E-state index in [0.29, 0.717) is 12.2 Å². The summed E-state index contributed by atoms with van der Waals surface area (Å²) in [6, 6.07) is 15.0. The second kappa shape index (κ2) is 5.20. The number of aromatic amines is 1. The van der Waals surface area contributed by atoms with E-state index in [0.717, 1.165) is 33.1 Å². The summed E-state index contributed by atoms with van der Waals surface area (Å²) in [7, 11) is 0. The number of amides is 3. The van der Waals surface area contributed by atoms with Crippen molar-refractivity contribution in [3.8, 4) is 0 Å². The van der Waals surface area contributed by atoms with Gasteiger partial charge in [0.2, 0.25) is 0 Å². The number of hydrogen-bond donors (Lipinski definition) is 1. The lowest BCUT2D eigenvalue weighted by Gasteiger charge is -2.35. The van der Waals surface area contributed by atoms with Crippen molar-refractivity contribution in [1.29, 1.82) is 0 Å². The number of benzene rings is 2. The molecule has 2 aliphatic heterocycles. The van der Waals surface area contributed by atoms with Gasteiger partial charge in [-0.2, -0.15) is 0 Å². The van der Waals surface area contributed by atoms with Crippen LogP contribution in [0.4, 0.5) is 10.5 Å². The third-order valence-corrected chi connectivity index (χ3v) is 6.08. The zero-order valence-electron chi connectivity index (χ0n) is 14.1. The summed E-state index contributed by atoms with van der Waals surface area (Å²) in [5, 5.41) is 1.13. The summed E-state index contributed by atoms with van der Waals surface area (Å²) in [4.78, 5) is 32.9. The van der Waals surface area contributed by atoms with Crippen molar-refractivity contribution in [3.63, 3.8) is 0 Å². The van der Waals surface area contributed by atoms with Gasteiger partial charge >= 0.3 is 6.03 Å². The number of anilines is 1. The molecule has 2 aliphatic rings. The lowest BCUT2D eigenvalue weighted by atomic mass is 9.87. The molecule has 0 aliphatic carbocycles. The second-order valence-corrected chi connectivity index (χ2v) is 7.81. The predicted molar refractivity (Wildman–Crippen MR) is 103 cm³/mol. The van der Waals surface area contributed by atoms with Crippen molar-refractivity contribution >= 4 is 44.5 Å². The van der Waals surface area contributed by atoms with Crippen LogP contribution in [0.1, 0.15) is 18.2 Å². The van der Waals surface area contributed by atoms with E-state index in [4.69, 9.17) is 0 Å². The van der Waals surface area contributed by atoms with Crippen molar-refractivity contribution < 1.29 is 9.59 Å². The fourth-order valence-electron chi connectivity index (χ4n) is 4.21. The first kappa shape index (κ1) is 15.6. The zero-order valence-corrected chi connectivity index (χ0v) is 15.7. The summed E-state index contributed by atoms with van der Waals surface area (Å²) >= 11 is 3.39. The molecule has 5 nitrogen and oxygen atoms in total. The highest BCUT2D eigenvalue weighted by Crippen LogP contribution is 2.45. The first-order valence-electron chi connectivity index (χ1n) is 8.53. The highest BCUT2D eigenvalue weighted by atomic mass is 79.9. The zero-order chi connectivity index (χ0) is 18.1. The van der Waals surface area contributed by atoms with Crippen LogP contribution in [-0.4, -0.2) is 28.4 Å². The Morgan fingerprint density at radius 1 is 1.08 bits per heavy atom. The van der Waals surface area contributed by atoms with Gasteiger partial charge in [-0.1, -0.05) is 34.1 Å². The lowest BCUT2D eigenvalue weighted by Crippen LogP contribution is -2.49. The number of H-pyrrole nitrogens is 1. The molecule has 3 aromatic rings. The number of halogens is 1. The molecular weight excluding hydrogens is 394 g/mol. The maximum absolute atomic E-state index is 13.4. The topological polar surface area (TPSA) is 56.4 Å². The van der Waals surface area contributed by atoms with Gasteiger partial charge in [-0.15, -0.1) is 0 Å². The van der Waals surface area contributed by atoms with E-state index < -0.39 is 5.54 Å². The van der Waals surface area contributed by atoms with Crippen molar-refractivity contribution in [2.24, 2.45) is 0 Å². The van der Waals surface area contributed by atoms with Crippen molar-refractivity contribution in [2.45, 2.75) is 18.9 Å². The number of imide groups is 1. The van der Waals surface area contributed by atoms with E-state index in [9.17, 15) is 9.59 Å². The number of carbonyl (C=O) groups excluding carboxylic acids is 2. The van der Waals surface area contributed by atoms with Crippen LogP contribution in [0.2, 0.25) is 0 Å². The van der Waals surface area contributed by atoms with Crippen LogP contribution in [0.5, 0.6) is 0 Å². The molecule has 1 atom stereocenters. The molecule has 6 heteroatoms. The Labute approximate surface area is 158 Å². The third kappa shape index (κ3) is 1.85. The van der Waals surface area contributed by atoms with Gasteiger partial charge in [0.25, 0.3) is 5.91 Å². The predicted octanol–water partition coefficient (Wildman–Crippen LogP) is 4.17. The number of hydrogen-bond acceptors (Lipinski definition) is 2. The molecule has 2 aromatic carbocycles. The molecule has 1 fully saturated rings. The van der Waals surface area contributed by atoms with Crippen LogP contribution >= 0.6 is 15.9 Å². The quantitative estimate of drug-likeness (QED) is 0.613. The highest BCUT2D eigenvalue weighted by molar-refractivity contribution is 9.10. The van der Waals surface area contributed by atoms with E-state index in [1.165, 1.54) is 4.90 Å². The monoisotopic (exact) mass is 409 g/mol. The molecule has 1 unspecified atom stereocenters. The van der Waals surface area contributed by atoms with Gasteiger partial charge in [0.1, 0.15) is 0 Å². The minimum atomic E-state index is -1.00. The average molecular weight is 410 g/mol. The summed E-state index contributed by atoms with van der Waals surface area (Å²) in [5.41, 5.74) is 2.57. The largest absolute Gasteiger partial charge is 0.356 e. The lowest BCUT2D eigenvalue weighted by molar-refractivity contribution is -0.125. The summed E-state index contributed by atoms with van der Waals surface area (Å²) in [6.07, 6.45) is 0.738.